The Hall–Kier alpha value is -1.14. The number of piperazine rings is 1. The van der Waals surface area contributed by atoms with Crippen molar-refractivity contribution in [2.24, 2.45) is 0 Å². The van der Waals surface area contributed by atoms with Crippen LogP contribution < -0.4 is 10.9 Å². The number of nitrogens with one attached hydrogen (secondary N) is 1. The minimum absolute atomic E-state index is 0.01000. The van der Waals surface area contributed by atoms with Gasteiger partial charge in [-0.2, -0.15) is 0 Å². The maximum atomic E-state index is 12.2. The Labute approximate surface area is 114 Å². The lowest BCUT2D eigenvalue weighted by Crippen LogP contribution is -2.53. The summed E-state index contributed by atoms with van der Waals surface area (Å²) in [6, 6.07) is 3.31. The fraction of sp³-hybridized carbons (Fsp3) is 0.500. The van der Waals surface area contributed by atoms with E-state index >= 15 is 0 Å². The molecule has 1 aliphatic heterocycles. The largest absolute Gasteiger partial charge is 0.336 e. The molecule has 1 amide bonds. The van der Waals surface area contributed by atoms with Crippen LogP contribution in [0.25, 0.3) is 0 Å². The first-order valence-electron chi connectivity index (χ1n) is 5.94. The molecule has 0 aromatic carbocycles. The number of carbonyl (C=O) groups excluding carboxylic acids is 1. The molecule has 6 heteroatoms. The normalized spacial score (nSPS) is 19.9. The van der Waals surface area contributed by atoms with Crippen LogP contribution in [0.15, 0.2) is 27.6 Å². The predicted molar refractivity (Wildman–Crippen MR) is 72.4 cm³/mol. The van der Waals surface area contributed by atoms with Crippen molar-refractivity contribution in [2.75, 3.05) is 19.6 Å². The van der Waals surface area contributed by atoms with Gasteiger partial charge in [0.05, 0.1) is 0 Å². The second-order valence-electron chi connectivity index (χ2n) is 4.45. The monoisotopic (exact) mass is 313 g/mol. The van der Waals surface area contributed by atoms with Gasteiger partial charge in [-0.3, -0.25) is 9.59 Å². The van der Waals surface area contributed by atoms with Crippen molar-refractivity contribution in [1.82, 2.24) is 14.8 Å². The van der Waals surface area contributed by atoms with Gasteiger partial charge in [0.15, 0.2) is 0 Å². The summed E-state index contributed by atoms with van der Waals surface area (Å²) >= 11 is 3.30. The molecule has 1 fully saturated rings. The first kappa shape index (κ1) is 13.3. The summed E-state index contributed by atoms with van der Waals surface area (Å²) in [6.45, 7) is 4.42. The van der Waals surface area contributed by atoms with E-state index in [1.165, 1.54) is 10.6 Å². The lowest BCUT2D eigenvalue weighted by Gasteiger charge is -2.34. The fourth-order valence-electron chi connectivity index (χ4n) is 2.07. The predicted octanol–water partition coefficient (Wildman–Crippen LogP) is 0.431. The summed E-state index contributed by atoms with van der Waals surface area (Å²) in [5.74, 6) is -0.01000. The molecule has 0 saturated carbocycles. The maximum Gasteiger partial charge on any atom is 0.251 e. The van der Waals surface area contributed by atoms with Crippen molar-refractivity contribution in [2.45, 2.75) is 19.5 Å². The highest BCUT2D eigenvalue weighted by molar-refractivity contribution is 9.10. The smallest absolute Gasteiger partial charge is 0.251 e. The lowest BCUT2D eigenvalue weighted by atomic mass is 10.2. The molecule has 2 heterocycles. The first-order valence-corrected chi connectivity index (χ1v) is 6.73. The number of hydrogen-bond acceptors (Lipinski definition) is 3. The molecule has 0 radical (unpaired) electrons. The van der Waals surface area contributed by atoms with Crippen LogP contribution in [0, 0.1) is 0 Å². The van der Waals surface area contributed by atoms with Crippen LogP contribution in [0.1, 0.15) is 6.92 Å². The molecule has 1 aliphatic rings. The van der Waals surface area contributed by atoms with Crippen molar-refractivity contribution < 1.29 is 4.79 Å². The summed E-state index contributed by atoms with van der Waals surface area (Å²) in [7, 11) is 0. The lowest BCUT2D eigenvalue weighted by molar-refractivity contribution is -0.134. The van der Waals surface area contributed by atoms with E-state index in [2.05, 4.69) is 21.2 Å². The third-order valence-electron chi connectivity index (χ3n) is 3.07. The molecule has 5 nitrogen and oxygen atoms in total. The van der Waals surface area contributed by atoms with E-state index in [0.29, 0.717) is 6.54 Å². The summed E-state index contributed by atoms with van der Waals surface area (Å²) < 4.78 is 2.23. The van der Waals surface area contributed by atoms with E-state index in [1.807, 2.05) is 11.8 Å². The van der Waals surface area contributed by atoms with E-state index in [9.17, 15) is 9.59 Å². The van der Waals surface area contributed by atoms with Gasteiger partial charge in [-0.25, -0.2) is 0 Å². The molecular formula is C12H16BrN3O2. The Bertz CT molecular complexity index is 500. The molecule has 1 atom stereocenters. The summed E-state index contributed by atoms with van der Waals surface area (Å²) in [5.41, 5.74) is -0.158. The third kappa shape index (κ3) is 3.00. The van der Waals surface area contributed by atoms with Gasteiger partial charge in [0.25, 0.3) is 5.56 Å². The average molecular weight is 314 g/mol. The van der Waals surface area contributed by atoms with E-state index < -0.39 is 0 Å². The summed E-state index contributed by atoms with van der Waals surface area (Å²) in [5, 5.41) is 3.23. The van der Waals surface area contributed by atoms with Crippen LogP contribution in [-0.4, -0.2) is 41.1 Å². The number of pyridine rings is 1. The highest BCUT2D eigenvalue weighted by atomic mass is 79.9. The number of aromatic nitrogens is 1. The molecule has 18 heavy (non-hydrogen) atoms. The van der Waals surface area contributed by atoms with Crippen LogP contribution in [0.4, 0.5) is 0 Å². The standard InChI is InChI=1S/C12H16BrN3O2/c1-9-6-14-4-5-16(9)12(18)8-15-7-10(13)2-3-11(15)17/h2-3,7,9,14H,4-6,8H2,1H3/t9-/m1/s1. The second kappa shape index (κ2) is 5.67. The zero-order valence-electron chi connectivity index (χ0n) is 10.2. The number of hydrogen-bond donors (Lipinski definition) is 1. The van der Waals surface area contributed by atoms with E-state index in [-0.39, 0.29) is 24.1 Å². The van der Waals surface area contributed by atoms with E-state index in [4.69, 9.17) is 0 Å². The molecule has 0 unspecified atom stereocenters. The second-order valence-corrected chi connectivity index (χ2v) is 5.37. The van der Waals surface area contributed by atoms with Crippen molar-refractivity contribution in [3.8, 4) is 0 Å². The molecule has 1 aromatic rings. The van der Waals surface area contributed by atoms with Crippen LogP contribution in [0.2, 0.25) is 0 Å². The third-order valence-corrected chi connectivity index (χ3v) is 3.54. The van der Waals surface area contributed by atoms with E-state index in [0.717, 1.165) is 17.6 Å². The van der Waals surface area contributed by atoms with Crippen LogP contribution in [0.3, 0.4) is 0 Å². The Kier molecular flexibility index (Phi) is 4.19. The average Bonchev–Trinajstić information content (AvgIpc) is 2.34. The van der Waals surface area contributed by atoms with Crippen molar-refractivity contribution in [3.63, 3.8) is 0 Å². The molecule has 0 bridgehead atoms. The highest BCUT2D eigenvalue weighted by Crippen LogP contribution is 2.07. The first-order chi connectivity index (χ1) is 8.58. The quantitative estimate of drug-likeness (QED) is 0.861. The SMILES string of the molecule is C[C@@H]1CNCCN1C(=O)Cn1cc(Br)ccc1=O. The molecule has 1 N–H and O–H groups in total. The molecule has 1 aromatic heterocycles. The Morgan fingerprint density at radius 1 is 1.56 bits per heavy atom. The van der Waals surface area contributed by atoms with Gasteiger partial charge in [0.1, 0.15) is 6.54 Å². The molecule has 1 saturated heterocycles. The minimum atomic E-state index is -0.158. The Morgan fingerprint density at radius 2 is 2.33 bits per heavy atom. The molecule has 98 valence electrons. The van der Waals surface area contributed by atoms with Gasteiger partial charge in [-0.05, 0) is 28.9 Å². The topological polar surface area (TPSA) is 54.3 Å². The van der Waals surface area contributed by atoms with Gasteiger partial charge in [0, 0.05) is 42.4 Å². The minimum Gasteiger partial charge on any atom is -0.336 e. The summed E-state index contributed by atoms with van der Waals surface area (Å²) in [6.07, 6.45) is 1.65. The van der Waals surface area contributed by atoms with Crippen LogP contribution in [-0.2, 0) is 11.3 Å². The molecule has 0 spiro atoms. The maximum absolute atomic E-state index is 12.2. The van der Waals surface area contributed by atoms with Crippen LogP contribution >= 0.6 is 15.9 Å². The number of rotatable bonds is 2. The van der Waals surface area contributed by atoms with Gasteiger partial charge in [-0.15, -0.1) is 0 Å². The fourth-order valence-corrected chi connectivity index (χ4v) is 2.45. The van der Waals surface area contributed by atoms with E-state index in [1.54, 1.807) is 12.3 Å². The van der Waals surface area contributed by atoms with Crippen molar-refractivity contribution in [3.05, 3.63) is 33.2 Å². The number of halogens is 1. The zero-order valence-corrected chi connectivity index (χ0v) is 11.8. The number of carbonyl (C=O) groups is 1. The van der Waals surface area contributed by atoms with Crippen molar-refractivity contribution >= 4 is 21.8 Å². The van der Waals surface area contributed by atoms with Gasteiger partial charge >= 0.3 is 0 Å². The molecular weight excluding hydrogens is 298 g/mol. The van der Waals surface area contributed by atoms with Gasteiger partial charge < -0.3 is 14.8 Å². The van der Waals surface area contributed by atoms with Gasteiger partial charge in [-0.1, -0.05) is 0 Å². The Morgan fingerprint density at radius 3 is 3.06 bits per heavy atom. The summed E-state index contributed by atoms with van der Waals surface area (Å²) in [4.78, 5) is 25.6. The molecule has 2 rings (SSSR count). The number of amides is 1. The highest BCUT2D eigenvalue weighted by Gasteiger charge is 2.23. The zero-order chi connectivity index (χ0) is 13.1. The van der Waals surface area contributed by atoms with Crippen molar-refractivity contribution in [1.29, 1.82) is 0 Å². The van der Waals surface area contributed by atoms with Gasteiger partial charge in [0.2, 0.25) is 5.91 Å². The number of nitrogens with zero attached hydrogens (tertiary/aromatic N) is 2. The molecule has 0 aliphatic carbocycles. The van der Waals surface area contributed by atoms with Crippen LogP contribution in [0.5, 0.6) is 0 Å². The Balaban J connectivity index is 2.11.